The van der Waals surface area contributed by atoms with Crippen LogP contribution in [0, 0.1) is 6.92 Å². The van der Waals surface area contributed by atoms with Gasteiger partial charge in [-0.2, -0.15) is 0 Å². The Bertz CT molecular complexity index is 743. The molecule has 0 aromatic heterocycles. The fourth-order valence-corrected chi connectivity index (χ4v) is 3.38. The molecule has 0 spiro atoms. The van der Waals surface area contributed by atoms with E-state index in [-0.39, 0.29) is 6.42 Å². The maximum Gasteiger partial charge on any atom is 0.315 e. The topological polar surface area (TPSA) is 54.0 Å². The van der Waals surface area contributed by atoms with Crippen molar-refractivity contribution < 1.29 is 23.7 Å². The van der Waals surface area contributed by atoms with E-state index in [1.165, 1.54) is 21.3 Å². The van der Waals surface area contributed by atoms with Crippen LogP contribution in [0.5, 0.6) is 23.0 Å². The lowest BCUT2D eigenvalue weighted by Crippen LogP contribution is -2.12. The summed E-state index contributed by atoms with van der Waals surface area (Å²) in [7, 11) is 4.56. The second kappa shape index (κ2) is 8.45. The molecular formula is C18H18BrClO5. The predicted octanol–water partition coefficient (Wildman–Crippen LogP) is 4.58. The van der Waals surface area contributed by atoms with Crippen molar-refractivity contribution in [1.29, 1.82) is 0 Å². The fourth-order valence-electron chi connectivity index (χ4n) is 2.37. The third-order valence-electron chi connectivity index (χ3n) is 3.48. The summed E-state index contributed by atoms with van der Waals surface area (Å²) in [6, 6.07) is 6.92. The molecule has 134 valence electrons. The predicted molar refractivity (Wildman–Crippen MR) is 99.3 cm³/mol. The SMILES string of the molecule is COc1cc(CC(=O)Oc2c(C)cc(Br)cc2Cl)cc(OC)c1OC. The third-order valence-corrected chi connectivity index (χ3v) is 4.22. The lowest BCUT2D eigenvalue weighted by atomic mass is 10.1. The van der Waals surface area contributed by atoms with Crippen LogP contribution in [-0.4, -0.2) is 27.3 Å². The lowest BCUT2D eigenvalue weighted by Gasteiger charge is -2.14. The highest BCUT2D eigenvalue weighted by Crippen LogP contribution is 2.38. The first-order valence-corrected chi connectivity index (χ1v) is 8.51. The largest absolute Gasteiger partial charge is 0.493 e. The van der Waals surface area contributed by atoms with Gasteiger partial charge in [-0.15, -0.1) is 0 Å². The van der Waals surface area contributed by atoms with Gasteiger partial charge >= 0.3 is 5.97 Å². The van der Waals surface area contributed by atoms with E-state index in [2.05, 4.69) is 15.9 Å². The first kappa shape index (κ1) is 19.4. The smallest absolute Gasteiger partial charge is 0.315 e. The number of benzene rings is 2. The number of hydrogen-bond acceptors (Lipinski definition) is 5. The molecule has 7 heteroatoms. The van der Waals surface area contributed by atoms with Crippen molar-refractivity contribution in [3.05, 3.63) is 44.9 Å². The minimum atomic E-state index is -0.443. The average molecular weight is 430 g/mol. The molecule has 0 bridgehead atoms. The van der Waals surface area contributed by atoms with E-state index in [0.717, 1.165) is 10.0 Å². The third kappa shape index (κ3) is 4.58. The van der Waals surface area contributed by atoms with Crippen molar-refractivity contribution in [3.63, 3.8) is 0 Å². The fraction of sp³-hybridized carbons (Fsp3) is 0.278. The molecule has 2 aromatic rings. The maximum atomic E-state index is 12.3. The van der Waals surface area contributed by atoms with E-state index < -0.39 is 5.97 Å². The zero-order valence-corrected chi connectivity index (χ0v) is 16.7. The standard InChI is InChI=1S/C18H18BrClO5/c1-10-5-12(19)9-13(20)17(10)25-16(21)8-11-6-14(22-2)18(24-4)15(7-11)23-3/h5-7,9H,8H2,1-4H3. The maximum absolute atomic E-state index is 12.3. The Hall–Kier alpha value is -1.92. The van der Waals surface area contributed by atoms with Gasteiger partial charge in [0.15, 0.2) is 17.2 Å². The number of ether oxygens (including phenoxy) is 4. The molecule has 0 saturated carbocycles. The van der Waals surface area contributed by atoms with Crippen molar-refractivity contribution in [2.45, 2.75) is 13.3 Å². The highest BCUT2D eigenvalue weighted by Gasteiger charge is 2.17. The van der Waals surface area contributed by atoms with E-state index in [0.29, 0.717) is 33.6 Å². The molecule has 0 atom stereocenters. The first-order chi connectivity index (χ1) is 11.9. The first-order valence-electron chi connectivity index (χ1n) is 7.34. The monoisotopic (exact) mass is 428 g/mol. The molecule has 0 heterocycles. The van der Waals surface area contributed by atoms with Crippen LogP contribution in [0.3, 0.4) is 0 Å². The Morgan fingerprint density at radius 2 is 1.60 bits per heavy atom. The summed E-state index contributed by atoms with van der Waals surface area (Å²) in [5.74, 6) is 1.32. The van der Waals surface area contributed by atoms with Gasteiger partial charge in [0.1, 0.15) is 0 Å². The summed E-state index contributed by atoms with van der Waals surface area (Å²) in [6.45, 7) is 1.82. The van der Waals surface area contributed by atoms with Crippen molar-refractivity contribution in [2.75, 3.05) is 21.3 Å². The van der Waals surface area contributed by atoms with Gasteiger partial charge in [0.05, 0.1) is 32.8 Å². The van der Waals surface area contributed by atoms with Crippen LogP contribution in [0.25, 0.3) is 0 Å². The number of hydrogen-bond donors (Lipinski definition) is 0. The molecule has 5 nitrogen and oxygen atoms in total. The Morgan fingerprint density at radius 3 is 2.08 bits per heavy atom. The minimum Gasteiger partial charge on any atom is -0.493 e. The van der Waals surface area contributed by atoms with Gasteiger partial charge < -0.3 is 18.9 Å². The van der Waals surface area contributed by atoms with Crippen LogP contribution in [0.15, 0.2) is 28.7 Å². The number of carbonyl (C=O) groups is 1. The number of halogens is 2. The zero-order valence-electron chi connectivity index (χ0n) is 14.3. The molecule has 0 radical (unpaired) electrons. The van der Waals surface area contributed by atoms with Crippen LogP contribution in [0.4, 0.5) is 0 Å². The number of esters is 1. The van der Waals surface area contributed by atoms with Crippen LogP contribution in [0.1, 0.15) is 11.1 Å². The number of methoxy groups -OCH3 is 3. The Balaban J connectivity index is 2.24. The highest BCUT2D eigenvalue weighted by molar-refractivity contribution is 9.10. The molecule has 2 aromatic carbocycles. The number of aryl methyl sites for hydroxylation is 1. The van der Waals surface area contributed by atoms with E-state index >= 15 is 0 Å². The van der Waals surface area contributed by atoms with Crippen molar-refractivity contribution in [3.8, 4) is 23.0 Å². The normalized spacial score (nSPS) is 10.3. The molecule has 2 rings (SSSR count). The molecule has 0 saturated heterocycles. The van der Waals surface area contributed by atoms with Crippen LogP contribution in [0.2, 0.25) is 5.02 Å². The van der Waals surface area contributed by atoms with Crippen molar-refractivity contribution in [1.82, 2.24) is 0 Å². The van der Waals surface area contributed by atoms with E-state index in [4.69, 9.17) is 30.5 Å². The Kier molecular flexibility index (Phi) is 6.56. The van der Waals surface area contributed by atoms with Crippen LogP contribution >= 0.6 is 27.5 Å². The summed E-state index contributed by atoms with van der Waals surface area (Å²) in [6.07, 6.45) is 0.0303. The quantitative estimate of drug-likeness (QED) is 0.497. The second-order valence-electron chi connectivity index (χ2n) is 5.22. The van der Waals surface area contributed by atoms with Gasteiger partial charge in [-0.1, -0.05) is 27.5 Å². The summed E-state index contributed by atoms with van der Waals surface area (Å²) in [5.41, 5.74) is 1.43. The molecule has 25 heavy (non-hydrogen) atoms. The van der Waals surface area contributed by atoms with Gasteiger partial charge in [0.25, 0.3) is 0 Å². The van der Waals surface area contributed by atoms with E-state index in [1.54, 1.807) is 18.2 Å². The summed E-state index contributed by atoms with van der Waals surface area (Å²) in [5, 5.41) is 0.366. The average Bonchev–Trinajstić information content (AvgIpc) is 2.57. The molecule has 0 amide bonds. The Morgan fingerprint density at radius 1 is 1.00 bits per heavy atom. The van der Waals surface area contributed by atoms with Gasteiger partial charge in [-0.25, -0.2) is 0 Å². The van der Waals surface area contributed by atoms with Crippen LogP contribution < -0.4 is 18.9 Å². The van der Waals surface area contributed by atoms with Gasteiger partial charge in [0.2, 0.25) is 5.75 Å². The molecular weight excluding hydrogens is 412 g/mol. The van der Waals surface area contributed by atoms with Crippen molar-refractivity contribution >= 4 is 33.5 Å². The van der Waals surface area contributed by atoms with Gasteiger partial charge in [-0.05, 0) is 42.3 Å². The van der Waals surface area contributed by atoms with Crippen molar-refractivity contribution in [2.24, 2.45) is 0 Å². The summed E-state index contributed by atoms with van der Waals surface area (Å²) in [4.78, 5) is 12.3. The van der Waals surface area contributed by atoms with Gasteiger partial charge in [-0.3, -0.25) is 4.79 Å². The van der Waals surface area contributed by atoms with E-state index in [1.807, 2.05) is 13.0 Å². The highest BCUT2D eigenvalue weighted by atomic mass is 79.9. The lowest BCUT2D eigenvalue weighted by molar-refractivity contribution is -0.133. The molecule has 0 aliphatic carbocycles. The summed E-state index contributed by atoms with van der Waals surface area (Å²) < 4.78 is 22.1. The summed E-state index contributed by atoms with van der Waals surface area (Å²) >= 11 is 9.50. The minimum absolute atomic E-state index is 0.0303. The second-order valence-corrected chi connectivity index (χ2v) is 6.54. The van der Waals surface area contributed by atoms with E-state index in [9.17, 15) is 4.79 Å². The molecule has 0 aliphatic heterocycles. The number of carbonyl (C=O) groups excluding carboxylic acids is 1. The molecule has 0 unspecified atom stereocenters. The molecule has 0 aliphatic rings. The number of rotatable bonds is 6. The zero-order chi connectivity index (χ0) is 18.6. The molecule has 0 N–H and O–H groups in total. The van der Waals surface area contributed by atoms with Gasteiger partial charge in [0, 0.05) is 4.47 Å². The van der Waals surface area contributed by atoms with Crippen LogP contribution in [-0.2, 0) is 11.2 Å². The molecule has 0 fully saturated rings. The Labute approximate surface area is 159 Å².